The number of aryl methyl sites for hydroxylation is 2. The van der Waals surface area contributed by atoms with Gasteiger partial charge in [0.1, 0.15) is 11.5 Å². The van der Waals surface area contributed by atoms with Crippen LogP contribution in [-0.4, -0.2) is 18.2 Å². The maximum Gasteiger partial charge on any atom is 0.278 e. The zero-order valence-corrected chi connectivity index (χ0v) is 13.1. The molecule has 1 atom stereocenters. The van der Waals surface area contributed by atoms with Gasteiger partial charge >= 0.3 is 0 Å². The maximum atomic E-state index is 12.5. The van der Waals surface area contributed by atoms with Gasteiger partial charge in [0.25, 0.3) is 5.91 Å². The van der Waals surface area contributed by atoms with Crippen LogP contribution in [0.3, 0.4) is 0 Å². The number of nitrogens with one attached hydrogen (secondary N) is 1. The number of carbonyl (C=O) groups excluding carboxylic acids is 1. The first-order valence-corrected chi connectivity index (χ1v) is 7.52. The van der Waals surface area contributed by atoms with Crippen molar-refractivity contribution >= 4 is 11.6 Å². The van der Waals surface area contributed by atoms with Gasteiger partial charge in [-0.1, -0.05) is 18.1 Å². The minimum Gasteiger partial charge on any atom is -0.495 e. The molecule has 0 aliphatic heterocycles. The van der Waals surface area contributed by atoms with Gasteiger partial charge in [-0.3, -0.25) is 4.79 Å². The monoisotopic (exact) mass is 300 g/mol. The summed E-state index contributed by atoms with van der Waals surface area (Å²) < 4.78 is 10.6. The molecule has 0 saturated heterocycles. The van der Waals surface area contributed by atoms with Crippen LogP contribution >= 0.6 is 0 Å². The molecule has 1 aromatic heterocycles. The molecule has 1 heterocycles. The predicted octanol–water partition coefficient (Wildman–Crippen LogP) is 3.37. The zero-order valence-electron chi connectivity index (χ0n) is 13.1. The molecular formula is C17H20N2O3. The number of hydrogen-bond donors (Lipinski definition) is 1. The molecule has 1 aliphatic carbocycles. The smallest absolute Gasteiger partial charge is 0.278 e. The van der Waals surface area contributed by atoms with E-state index in [4.69, 9.17) is 9.26 Å². The van der Waals surface area contributed by atoms with Crippen LogP contribution in [0.2, 0.25) is 0 Å². The molecule has 1 N–H and O–H groups in total. The Kier molecular flexibility index (Phi) is 3.88. The molecule has 1 unspecified atom stereocenters. The second kappa shape index (κ2) is 5.83. The van der Waals surface area contributed by atoms with Crippen molar-refractivity contribution in [2.24, 2.45) is 5.92 Å². The number of carbonyl (C=O) groups is 1. The van der Waals surface area contributed by atoms with Gasteiger partial charge in [-0.15, -0.1) is 0 Å². The molecule has 0 radical (unpaired) electrons. The molecule has 3 rings (SSSR count). The molecular weight excluding hydrogens is 280 g/mol. The van der Waals surface area contributed by atoms with E-state index >= 15 is 0 Å². The van der Waals surface area contributed by atoms with Crippen LogP contribution in [0.25, 0.3) is 0 Å². The minimum atomic E-state index is -0.247. The summed E-state index contributed by atoms with van der Waals surface area (Å²) in [6.07, 6.45) is 2.77. The van der Waals surface area contributed by atoms with Crippen molar-refractivity contribution in [1.29, 1.82) is 0 Å². The summed E-state index contributed by atoms with van der Waals surface area (Å²) in [5.41, 5.74) is 3.04. The molecule has 1 aliphatic rings. The summed E-state index contributed by atoms with van der Waals surface area (Å²) in [5.74, 6) is 1.78. The summed E-state index contributed by atoms with van der Waals surface area (Å²) in [7, 11) is 1.58. The highest BCUT2D eigenvalue weighted by molar-refractivity contribution is 6.04. The fourth-order valence-corrected chi connectivity index (χ4v) is 2.86. The van der Waals surface area contributed by atoms with E-state index in [0.29, 0.717) is 23.0 Å². The standard InChI is InChI=1S/C17H20N2O3/c1-10-4-6-14-12(8-10)16(19-22-14)17(20)18-13-9-11(2)5-7-15(13)21-3/h5,7,9-10H,4,6,8H2,1-3H3,(H,18,20). The molecule has 2 aromatic rings. The average Bonchev–Trinajstić information content (AvgIpc) is 2.90. The average molecular weight is 300 g/mol. The van der Waals surface area contributed by atoms with Crippen LogP contribution in [0.4, 0.5) is 5.69 Å². The third-order valence-electron chi connectivity index (χ3n) is 4.10. The summed E-state index contributed by atoms with van der Waals surface area (Å²) in [6.45, 7) is 4.15. The number of hydrogen-bond acceptors (Lipinski definition) is 4. The maximum absolute atomic E-state index is 12.5. The number of rotatable bonds is 3. The van der Waals surface area contributed by atoms with Crippen molar-refractivity contribution in [3.8, 4) is 5.75 Å². The Bertz CT molecular complexity index is 706. The van der Waals surface area contributed by atoms with E-state index in [0.717, 1.165) is 36.1 Å². The number of fused-ring (bicyclic) bond motifs is 1. The molecule has 0 bridgehead atoms. The first kappa shape index (κ1) is 14.6. The Morgan fingerprint density at radius 3 is 3.05 bits per heavy atom. The third-order valence-corrected chi connectivity index (χ3v) is 4.10. The molecule has 0 fully saturated rings. The van der Waals surface area contributed by atoms with Gasteiger partial charge in [-0.25, -0.2) is 0 Å². The van der Waals surface area contributed by atoms with E-state index < -0.39 is 0 Å². The zero-order chi connectivity index (χ0) is 15.7. The Morgan fingerprint density at radius 1 is 1.45 bits per heavy atom. The summed E-state index contributed by atoms with van der Waals surface area (Å²) in [5, 5.41) is 6.86. The van der Waals surface area contributed by atoms with Crippen LogP contribution in [0, 0.1) is 12.8 Å². The Labute approximate surface area is 129 Å². The first-order valence-electron chi connectivity index (χ1n) is 7.52. The van der Waals surface area contributed by atoms with E-state index in [1.165, 1.54) is 0 Å². The second-order valence-corrected chi connectivity index (χ2v) is 5.94. The van der Waals surface area contributed by atoms with Gasteiger partial charge in [0.2, 0.25) is 0 Å². The number of anilines is 1. The topological polar surface area (TPSA) is 64.4 Å². The van der Waals surface area contributed by atoms with Crippen molar-refractivity contribution in [3.63, 3.8) is 0 Å². The van der Waals surface area contributed by atoms with Crippen LogP contribution in [0.5, 0.6) is 5.75 Å². The fourth-order valence-electron chi connectivity index (χ4n) is 2.86. The Balaban J connectivity index is 1.87. The lowest BCUT2D eigenvalue weighted by Gasteiger charge is -2.16. The molecule has 1 amide bonds. The molecule has 116 valence electrons. The Morgan fingerprint density at radius 2 is 2.27 bits per heavy atom. The van der Waals surface area contributed by atoms with Crippen molar-refractivity contribution < 1.29 is 14.1 Å². The minimum absolute atomic E-state index is 0.247. The van der Waals surface area contributed by atoms with Gasteiger partial charge < -0.3 is 14.6 Å². The molecule has 0 saturated carbocycles. The van der Waals surface area contributed by atoms with Crippen LogP contribution in [-0.2, 0) is 12.8 Å². The van der Waals surface area contributed by atoms with E-state index in [9.17, 15) is 4.79 Å². The third kappa shape index (κ3) is 2.71. The van der Waals surface area contributed by atoms with Crippen molar-refractivity contribution in [1.82, 2.24) is 5.16 Å². The summed E-state index contributed by atoms with van der Waals surface area (Å²) >= 11 is 0. The van der Waals surface area contributed by atoms with Crippen LogP contribution in [0.1, 0.15) is 40.7 Å². The SMILES string of the molecule is COc1ccc(C)cc1NC(=O)c1noc2c1CC(C)CC2. The van der Waals surface area contributed by atoms with Crippen molar-refractivity contribution in [3.05, 3.63) is 40.8 Å². The molecule has 1 aromatic carbocycles. The van der Waals surface area contributed by atoms with Gasteiger partial charge in [0.15, 0.2) is 5.69 Å². The van der Waals surface area contributed by atoms with Gasteiger partial charge in [0.05, 0.1) is 12.8 Å². The number of methoxy groups -OCH3 is 1. The highest BCUT2D eigenvalue weighted by Gasteiger charge is 2.27. The van der Waals surface area contributed by atoms with E-state index in [2.05, 4.69) is 17.4 Å². The van der Waals surface area contributed by atoms with E-state index in [1.807, 2.05) is 25.1 Å². The van der Waals surface area contributed by atoms with Crippen LogP contribution < -0.4 is 10.1 Å². The van der Waals surface area contributed by atoms with Gasteiger partial charge in [-0.2, -0.15) is 0 Å². The number of benzene rings is 1. The normalized spacial score (nSPS) is 17.0. The Hall–Kier alpha value is -2.30. The van der Waals surface area contributed by atoms with Crippen LogP contribution in [0.15, 0.2) is 22.7 Å². The largest absolute Gasteiger partial charge is 0.495 e. The lowest BCUT2D eigenvalue weighted by Crippen LogP contribution is -2.18. The van der Waals surface area contributed by atoms with Crippen molar-refractivity contribution in [2.45, 2.75) is 33.1 Å². The second-order valence-electron chi connectivity index (χ2n) is 5.94. The van der Waals surface area contributed by atoms with E-state index in [-0.39, 0.29) is 5.91 Å². The quantitative estimate of drug-likeness (QED) is 0.944. The molecule has 22 heavy (non-hydrogen) atoms. The number of aromatic nitrogens is 1. The highest BCUT2D eigenvalue weighted by Crippen LogP contribution is 2.30. The number of amides is 1. The lowest BCUT2D eigenvalue weighted by molar-refractivity contribution is 0.101. The molecule has 5 nitrogen and oxygen atoms in total. The summed E-state index contributed by atoms with van der Waals surface area (Å²) in [6, 6.07) is 5.66. The van der Waals surface area contributed by atoms with Gasteiger partial charge in [-0.05, 0) is 43.4 Å². The number of nitrogens with zero attached hydrogens (tertiary/aromatic N) is 1. The number of ether oxygens (including phenoxy) is 1. The molecule has 5 heteroatoms. The van der Waals surface area contributed by atoms with E-state index in [1.54, 1.807) is 7.11 Å². The first-order chi connectivity index (χ1) is 10.6. The lowest BCUT2D eigenvalue weighted by atomic mass is 9.88. The highest BCUT2D eigenvalue weighted by atomic mass is 16.5. The molecule has 0 spiro atoms. The summed E-state index contributed by atoms with van der Waals surface area (Å²) in [4.78, 5) is 12.5. The van der Waals surface area contributed by atoms with Gasteiger partial charge in [0, 0.05) is 12.0 Å². The predicted molar refractivity (Wildman–Crippen MR) is 83.4 cm³/mol. The fraction of sp³-hybridized carbons (Fsp3) is 0.412. The van der Waals surface area contributed by atoms with Crippen molar-refractivity contribution in [2.75, 3.05) is 12.4 Å².